The quantitative estimate of drug-likeness (QED) is 0.799. The van der Waals surface area contributed by atoms with Crippen LogP contribution in [0.1, 0.15) is 33.3 Å². The summed E-state index contributed by atoms with van der Waals surface area (Å²) in [6, 6.07) is 5.86. The molecule has 114 valence electrons. The zero-order valence-corrected chi connectivity index (χ0v) is 14.0. The summed E-state index contributed by atoms with van der Waals surface area (Å²) in [5.74, 6) is 0. The average molecular weight is 309 g/mol. The van der Waals surface area contributed by atoms with Crippen molar-refractivity contribution in [3.05, 3.63) is 34.9 Å². The second-order valence-electron chi connectivity index (χ2n) is 6.23. The summed E-state index contributed by atoms with van der Waals surface area (Å²) in [5, 5.41) is 0.646. The van der Waals surface area contributed by atoms with Crippen molar-refractivity contribution in [1.82, 2.24) is 0 Å². The van der Waals surface area contributed by atoms with E-state index in [1.165, 1.54) is 0 Å². The van der Waals surface area contributed by atoms with Crippen LogP contribution >= 0.6 is 11.6 Å². The van der Waals surface area contributed by atoms with Gasteiger partial charge in [0.2, 0.25) is 0 Å². The summed E-state index contributed by atoms with van der Waals surface area (Å²) in [6.07, 6.45) is 3.92. The number of benzene rings is 1. The fraction of sp³-hybridized carbons (Fsp3) is 0.500. The second kappa shape index (κ2) is 6.13. The average Bonchev–Trinajstić information content (AvgIpc) is 2.58. The van der Waals surface area contributed by atoms with Crippen LogP contribution in [-0.2, 0) is 14.0 Å². The van der Waals surface area contributed by atoms with Gasteiger partial charge in [0.15, 0.2) is 0 Å². The summed E-state index contributed by atoms with van der Waals surface area (Å²) in [5.41, 5.74) is 1.16. The molecule has 0 atom stereocenters. The molecule has 0 aliphatic carbocycles. The van der Waals surface area contributed by atoms with Crippen LogP contribution in [0, 0.1) is 0 Å². The molecule has 0 unspecified atom stereocenters. The Morgan fingerprint density at radius 2 is 1.81 bits per heavy atom. The van der Waals surface area contributed by atoms with Crippen molar-refractivity contribution in [3.8, 4) is 0 Å². The van der Waals surface area contributed by atoms with E-state index in [0.29, 0.717) is 11.6 Å². The maximum Gasteiger partial charge on any atom is 0.496 e. The standard InChI is InChI=1S/C16H22BClO3/c1-15(2)16(3,4)21-17(20-15)13-9-8-12(11-14(13)18)7-6-10-19-5/h6-9,11H,10H2,1-5H3/b7-6+. The van der Waals surface area contributed by atoms with Gasteiger partial charge in [0.1, 0.15) is 0 Å². The Labute approximate surface area is 132 Å². The zero-order valence-electron chi connectivity index (χ0n) is 13.3. The highest BCUT2D eigenvalue weighted by atomic mass is 35.5. The van der Waals surface area contributed by atoms with Crippen LogP contribution in [0.3, 0.4) is 0 Å². The minimum absolute atomic E-state index is 0.363. The topological polar surface area (TPSA) is 27.7 Å². The summed E-state index contributed by atoms with van der Waals surface area (Å²) in [4.78, 5) is 0. The van der Waals surface area contributed by atoms with E-state index in [4.69, 9.17) is 25.6 Å². The fourth-order valence-electron chi connectivity index (χ4n) is 2.09. The maximum absolute atomic E-state index is 6.38. The van der Waals surface area contributed by atoms with Crippen LogP contribution in [-0.4, -0.2) is 32.0 Å². The molecular weight excluding hydrogens is 286 g/mol. The van der Waals surface area contributed by atoms with Crippen molar-refractivity contribution < 1.29 is 14.0 Å². The van der Waals surface area contributed by atoms with Gasteiger partial charge in [-0.1, -0.05) is 35.9 Å². The maximum atomic E-state index is 6.38. The lowest BCUT2D eigenvalue weighted by Gasteiger charge is -2.32. The van der Waals surface area contributed by atoms with Crippen molar-refractivity contribution in [1.29, 1.82) is 0 Å². The lowest BCUT2D eigenvalue weighted by atomic mass is 9.78. The Bertz CT molecular complexity index is 524. The molecule has 1 fully saturated rings. The lowest BCUT2D eigenvalue weighted by molar-refractivity contribution is 0.00578. The largest absolute Gasteiger partial charge is 0.496 e. The zero-order chi connectivity index (χ0) is 15.7. The predicted octanol–water partition coefficient (Wildman–Crippen LogP) is 3.30. The first-order valence-corrected chi connectivity index (χ1v) is 7.45. The van der Waals surface area contributed by atoms with Gasteiger partial charge in [-0.15, -0.1) is 0 Å². The first kappa shape index (κ1) is 16.6. The molecule has 0 saturated carbocycles. The number of rotatable bonds is 4. The molecule has 0 aromatic heterocycles. The van der Waals surface area contributed by atoms with Gasteiger partial charge in [-0.05, 0) is 39.3 Å². The summed E-state index contributed by atoms with van der Waals surface area (Å²) in [6.45, 7) is 8.70. The van der Waals surface area contributed by atoms with Crippen LogP contribution < -0.4 is 5.46 Å². The van der Waals surface area contributed by atoms with Gasteiger partial charge in [0, 0.05) is 17.6 Å². The minimum atomic E-state index is -0.431. The van der Waals surface area contributed by atoms with E-state index in [1.807, 2.05) is 58.0 Å². The molecule has 1 saturated heterocycles. The molecular formula is C16H22BClO3. The summed E-state index contributed by atoms with van der Waals surface area (Å²) in [7, 11) is 1.23. The SMILES string of the molecule is COC/C=C/c1ccc(B2OC(C)(C)C(C)(C)O2)c(Cl)c1. The van der Waals surface area contributed by atoms with Crippen LogP contribution in [0.4, 0.5) is 0 Å². The Balaban J connectivity index is 2.19. The molecule has 1 heterocycles. The van der Waals surface area contributed by atoms with Gasteiger partial charge < -0.3 is 14.0 Å². The molecule has 1 aliphatic heterocycles. The third-order valence-corrected chi connectivity index (χ3v) is 4.43. The Kier molecular flexibility index (Phi) is 4.84. The monoisotopic (exact) mass is 308 g/mol. The highest BCUT2D eigenvalue weighted by Crippen LogP contribution is 2.37. The summed E-state index contributed by atoms with van der Waals surface area (Å²) < 4.78 is 17.0. The molecule has 1 aromatic carbocycles. The molecule has 1 aromatic rings. The van der Waals surface area contributed by atoms with Crippen LogP contribution in [0.2, 0.25) is 5.02 Å². The number of halogens is 1. The Morgan fingerprint density at radius 1 is 1.19 bits per heavy atom. The van der Waals surface area contributed by atoms with E-state index < -0.39 is 7.12 Å². The van der Waals surface area contributed by atoms with Crippen molar-refractivity contribution in [2.75, 3.05) is 13.7 Å². The van der Waals surface area contributed by atoms with E-state index in [-0.39, 0.29) is 11.2 Å². The van der Waals surface area contributed by atoms with Gasteiger partial charge in [-0.2, -0.15) is 0 Å². The molecule has 1 aliphatic rings. The Morgan fingerprint density at radius 3 is 2.33 bits per heavy atom. The predicted molar refractivity (Wildman–Crippen MR) is 88.1 cm³/mol. The van der Waals surface area contributed by atoms with Crippen LogP contribution in [0.5, 0.6) is 0 Å². The molecule has 0 bridgehead atoms. The molecule has 2 rings (SSSR count). The van der Waals surface area contributed by atoms with E-state index in [1.54, 1.807) is 7.11 Å². The van der Waals surface area contributed by atoms with Crippen molar-refractivity contribution in [2.45, 2.75) is 38.9 Å². The van der Waals surface area contributed by atoms with E-state index in [9.17, 15) is 0 Å². The van der Waals surface area contributed by atoms with E-state index in [0.717, 1.165) is 11.0 Å². The first-order valence-electron chi connectivity index (χ1n) is 7.07. The number of methoxy groups -OCH3 is 1. The van der Waals surface area contributed by atoms with Crippen molar-refractivity contribution in [3.63, 3.8) is 0 Å². The second-order valence-corrected chi connectivity index (χ2v) is 6.63. The fourth-order valence-corrected chi connectivity index (χ4v) is 2.37. The van der Waals surface area contributed by atoms with Crippen molar-refractivity contribution >= 4 is 30.3 Å². The minimum Gasteiger partial charge on any atom is -0.399 e. The van der Waals surface area contributed by atoms with Crippen LogP contribution in [0.15, 0.2) is 24.3 Å². The Hall–Kier alpha value is -0.805. The van der Waals surface area contributed by atoms with E-state index in [2.05, 4.69) is 0 Å². The van der Waals surface area contributed by atoms with E-state index >= 15 is 0 Å². The molecule has 5 heteroatoms. The highest BCUT2D eigenvalue weighted by Gasteiger charge is 2.52. The first-order chi connectivity index (χ1) is 9.77. The third-order valence-electron chi connectivity index (χ3n) is 4.10. The normalized spacial score (nSPS) is 20.4. The molecule has 0 amide bonds. The van der Waals surface area contributed by atoms with Gasteiger partial charge in [0.05, 0.1) is 17.8 Å². The van der Waals surface area contributed by atoms with Crippen molar-refractivity contribution in [2.24, 2.45) is 0 Å². The number of hydrogen-bond acceptors (Lipinski definition) is 3. The molecule has 0 radical (unpaired) electrons. The lowest BCUT2D eigenvalue weighted by Crippen LogP contribution is -2.41. The third kappa shape index (κ3) is 3.51. The van der Waals surface area contributed by atoms with Gasteiger partial charge >= 0.3 is 7.12 Å². The van der Waals surface area contributed by atoms with Gasteiger partial charge in [-0.3, -0.25) is 0 Å². The highest BCUT2D eigenvalue weighted by molar-refractivity contribution is 6.65. The van der Waals surface area contributed by atoms with Crippen LogP contribution in [0.25, 0.3) is 6.08 Å². The molecule has 21 heavy (non-hydrogen) atoms. The molecule has 0 N–H and O–H groups in total. The molecule has 0 spiro atoms. The summed E-state index contributed by atoms with van der Waals surface area (Å²) >= 11 is 6.38. The number of ether oxygens (including phenoxy) is 1. The van der Waals surface area contributed by atoms with Gasteiger partial charge in [-0.25, -0.2) is 0 Å². The van der Waals surface area contributed by atoms with Gasteiger partial charge in [0.25, 0.3) is 0 Å². The molecule has 3 nitrogen and oxygen atoms in total. The smallest absolute Gasteiger partial charge is 0.399 e. The number of hydrogen-bond donors (Lipinski definition) is 0.